The molecule has 7 nitrogen and oxygen atoms in total. The van der Waals surface area contributed by atoms with Gasteiger partial charge in [0.2, 0.25) is 0 Å². The summed E-state index contributed by atoms with van der Waals surface area (Å²) in [6, 6.07) is 7.37. The molecule has 0 bridgehead atoms. The number of ether oxygens (including phenoxy) is 1. The molecule has 1 aliphatic carbocycles. The number of hydrogen-bond donors (Lipinski definition) is 1. The Bertz CT molecular complexity index is 933. The van der Waals surface area contributed by atoms with Crippen LogP contribution in [0.15, 0.2) is 42.9 Å². The molecule has 0 saturated carbocycles. The van der Waals surface area contributed by atoms with Crippen molar-refractivity contribution in [2.45, 2.75) is 25.7 Å². The number of aromatic nitrogens is 4. The molecule has 0 atom stereocenters. The number of amides is 1. The number of hydrogen-bond acceptors (Lipinski definition) is 5. The summed E-state index contributed by atoms with van der Waals surface area (Å²) in [4.78, 5) is 16.8. The normalized spacial score (nSPS) is 13.1. The first-order chi connectivity index (χ1) is 12.7. The monoisotopic (exact) mass is 349 g/mol. The van der Waals surface area contributed by atoms with E-state index in [1.807, 2.05) is 30.5 Å². The van der Waals surface area contributed by atoms with Gasteiger partial charge in [0.15, 0.2) is 5.69 Å². The lowest BCUT2D eigenvalue weighted by Gasteiger charge is -2.18. The van der Waals surface area contributed by atoms with Gasteiger partial charge >= 0.3 is 0 Å². The third-order valence-electron chi connectivity index (χ3n) is 4.58. The van der Waals surface area contributed by atoms with Crippen LogP contribution in [0.25, 0.3) is 5.69 Å². The number of aryl methyl sites for hydroxylation is 1. The van der Waals surface area contributed by atoms with E-state index in [9.17, 15) is 4.79 Å². The van der Waals surface area contributed by atoms with Gasteiger partial charge in [0, 0.05) is 6.20 Å². The van der Waals surface area contributed by atoms with Crippen molar-refractivity contribution in [3.05, 3.63) is 59.7 Å². The molecule has 2 heterocycles. The van der Waals surface area contributed by atoms with Gasteiger partial charge in [-0.15, -0.1) is 5.10 Å². The molecule has 1 amide bonds. The second-order valence-corrected chi connectivity index (χ2v) is 6.23. The summed E-state index contributed by atoms with van der Waals surface area (Å²) in [5.74, 6) is 0.471. The van der Waals surface area contributed by atoms with Crippen molar-refractivity contribution in [1.29, 1.82) is 0 Å². The fourth-order valence-electron chi connectivity index (χ4n) is 3.18. The molecule has 3 aromatic rings. The lowest BCUT2D eigenvalue weighted by atomic mass is 9.92. The minimum absolute atomic E-state index is 0.259. The first kappa shape index (κ1) is 16.3. The summed E-state index contributed by atoms with van der Waals surface area (Å²) in [5.41, 5.74) is 4.23. The van der Waals surface area contributed by atoms with Crippen LogP contribution in [0, 0.1) is 0 Å². The zero-order chi connectivity index (χ0) is 17.9. The molecule has 0 spiro atoms. The lowest BCUT2D eigenvalue weighted by Crippen LogP contribution is -2.16. The van der Waals surface area contributed by atoms with E-state index >= 15 is 0 Å². The zero-order valence-corrected chi connectivity index (χ0v) is 14.5. The number of methoxy groups -OCH3 is 1. The van der Waals surface area contributed by atoms with Gasteiger partial charge in [-0.05, 0) is 61.1 Å². The van der Waals surface area contributed by atoms with Crippen LogP contribution in [-0.2, 0) is 12.8 Å². The summed E-state index contributed by atoms with van der Waals surface area (Å²) in [6.07, 6.45) is 9.49. The van der Waals surface area contributed by atoms with E-state index in [-0.39, 0.29) is 11.6 Å². The number of anilines is 1. The largest absolute Gasteiger partial charge is 0.497 e. The van der Waals surface area contributed by atoms with Crippen LogP contribution in [0.3, 0.4) is 0 Å². The standard InChI is InChI=1S/C19H19N5O2/c1-26-15-8-6-14(7-9-15)24-12-18(22-23-24)19(25)21-17-11-20-10-13-4-2-3-5-16(13)17/h6-12H,2-5H2,1H3,(H,21,25). The van der Waals surface area contributed by atoms with Gasteiger partial charge in [0.05, 0.1) is 30.9 Å². The third kappa shape index (κ3) is 3.15. The molecule has 0 aliphatic heterocycles. The van der Waals surface area contributed by atoms with Crippen molar-refractivity contribution in [3.8, 4) is 11.4 Å². The molecule has 0 saturated heterocycles. The summed E-state index contributed by atoms with van der Waals surface area (Å²) < 4.78 is 6.71. The van der Waals surface area contributed by atoms with Crippen molar-refractivity contribution in [1.82, 2.24) is 20.0 Å². The number of nitrogens with zero attached hydrogens (tertiary/aromatic N) is 4. The Morgan fingerprint density at radius 2 is 1.96 bits per heavy atom. The molecule has 1 N–H and O–H groups in total. The highest BCUT2D eigenvalue weighted by Gasteiger charge is 2.17. The van der Waals surface area contributed by atoms with E-state index in [4.69, 9.17) is 4.74 Å². The van der Waals surface area contributed by atoms with Gasteiger partial charge in [-0.2, -0.15) is 0 Å². The van der Waals surface area contributed by atoms with E-state index in [1.165, 1.54) is 17.5 Å². The second kappa shape index (κ2) is 6.95. The molecular formula is C19H19N5O2. The van der Waals surface area contributed by atoms with Crippen LogP contribution < -0.4 is 10.1 Å². The molecule has 1 aliphatic rings. The number of carbonyl (C=O) groups is 1. The Hall–Kier alpha value is -3.22. The molecule has 0 fully saturated rings. The van der Waals surface area contributed by atoms with Crippen LogP contribution >= 0.6 is 0 Å². The Kier molecular flexibility index (Phi) is 4.35. The van der Waals surface area contributed by atoms with Gasteiger partial charge in [0.25, 0.3) is 5.91 Å². The molecule has 7 heteroatoms. The Morgan fingerprint density at radius 1 is 1.15 bits per heavy atom. The number of nitrogens with one attached hydrogen (secondary N) is 1. The van der Waals surface area contributed by atoms with Crippen LogP contribution in [0.4, 0.5) is 5.69 Å². The van der Waals surface area contributed by atoms with E-state index in [0.717, 1.165) is 36.4 Å². The van der Waals surface area contributed by atoms with Gasteiger partial charge in [-0.1, -0.05) is 5.21 Å². The van der Waals surface area contributed by atoms with Gasteiger partial charge in [0.1, 0.15) is 5.75 Å². The van der Waals surface area contributed by atoms with Gasteiger partial charge in [-0.25, -0.2) is 4.68 Å². The molecule has 26 heavy (non-hydrogen) atoms. The first-order valence-corrected chi connectivity index (χ1v) is 8.58. The Balaban J connectivity index is 1.53. The molecule has 1 aromatic carbocycles. The summed E-state index contributed by atoms with van der Waals surface area (Å²) in [7, 11) is 1.62. The number of fused-ring (bicyclic) bond motifs is 1. The molecule has 2 aromatic heterocycles. The Labute approximate surface area is 151 Å². The Morgan fingerprint density at radius 3 is 2.77 bits per heavy atom. The molecule has 132 valence electrons. The average Bonchev–Trinajstić information content (AvgIpc) is 3.19. The van der Waals surface area contributed by atoms with Gasteiger partial charge < -0.3 is 10.1 Å². The average molecular weight is 349 g/mol. The SMILES string of the molecule is COc1ccc(-n2cc(C(=O)Nc3cncc4c3CCCC4)nn2)cc1. The maximum atomic E-state index is 12.6. The van der Waals surface area contributed by atoms with Crippen molar-refractivity contribution >= 4 is 11.6 Å². The minimum Gasteiger partial charge on any atom is -0.497 e. The number of carbonyl (C=O) groups excluding carboxylic acids is 1. The highest BCUT2D eigenvalue weighted by Crippen LogP contribution is 2.27. The smallest absolute Gasteiger partial charge is 0.277 e. The van der Waals surface area contributed by atoms with Crippen LogP contribution in [0.5, 0.6) is 5.75 Å². The highest BCUT2D eigenvalue weighted by molar-refractivity contribution is 6.03. The number of pyridine rings is 1. The predicted molar refractivity (Wildman–Crippen MR) is 96.7 cm³/mol. The van der Waals surface area contributed by atoms with E-state index in [0.29, 0.717) is 0 Å². The topological polar surface area (TPSA) is 81.9 Å². The lowest BCUT2D eigenvalue weighted by molar-refractivity contribution is 0.102. The fourth-order valence-corrected chi connectivity index (χ4v) is 3.18. The van der Waals surface area contributed by atoms with Crippen LogP contribution in [0.1, 0.15) is 34.5 Å². The molecule has 0 unspecified atom stereocenters. The molecular weight excluding hydrogens is 330 g/mol. The maximum absolute atomic E-state index is 12.6. The molecule has 4 rings (SSSR count). The maximum Gasteiger partial charge on any atom is 0.277 e. The second-order valence-electron chi connectivity index (χ2n) is 6.23. The highest BCUT2D eigenvalue weighted by atomic mass is 16.5. The summed E-state index contributed by atoms with van der Waals surface area (Å²) in [5, 5.41) is 11.0. The predicted octanol–water partition coefficient (Wildman–Crippen LogP) is 2.80. The zero-order valence-electron chi connectivity index (χ0n) is 14.5. The van der Waals surface area contributed by atoms with Gasteiger partial charge in [-0.3, -0.25) is 9.78 Å². The van der Waals surface area contributed by atoms with E-state index in [1.54, 1.807) is 24.2 Å². The quantitative estimate of drug-likeness (QED) is 0.783. The van der Waals surface area contributed by atoms with Crippen LogP contribution in [0.2, 0.25) is 0 Å². The van der Waals surface area contributed by atoms with Crippen molar-refractivity contribution in [2.75, 3.05) is 12.4 Å². The third-order valence-corrected chi connectivity index (χ3v) is 4.58. The van der Waals surface area contributed by atoms with E-state index < -0.39 is 0 Å². The summed E-state index contributed by atoms with van der Waals surface area (Å²) >= 11 is 0. The minimum atomic E-state index is -0.287. The van der Waals surface area contributed by atoms with Crippen molar-refractivity contribution < 1.29 is 9.53 Å². The number of rotatable bonds is 4. The van der Waals surface area contributed by atoms with Crippen LogP contribution in [-0.4, -0.2) is 33.0 Å². The van der Waals surface area contributed by atoms with Crippen molar-refractivity contribution in [3.63, 3.8) is 0 Å². The van der Waals surface area contributed by atoms with Crippen molar-refractivity contribution in [2.24, 2.45) is 0 Å². The molecule has 0 radical (unpaired) electrons. The number of benzene rings is 1. The fraction of sp³-hybridized carbons (Fsp3) is 0.263. The summed E-state index contributed by atoms with van der Waals surface area (Å²) in [6.45, 7) is 0. The van der Waals surface area contributed by atoms with E-state index in [2.05, 4.69) is 20.6 Å². The first-order valence-electron chi connectivity index (χ1n) is 8.58.